The van der Waals surface area contributed by atoms with Crippen LogP contribution in [0.5, 0.6) is 0 Å². The number of hydrogen-bond acceptors (Lipinski definition) is 4. The van der Waals surface area contributed by atoms with E-state index in [9.17, 15) is 4.79 Å². The van der Waals surface area contributed by atoms with Crippen molar-refractivity contribution in [3.8, 4) is 0 Å². The van der Waals surface area contributed by atoms with Crippen molar-refractivity contribution in [2.24, 2.45) is 11.8 Å². The summed E-state index contributed by atoms with van der Waals surface area (Å²) in [5.41, 5.74) is -0.0640. The van der Waals surface area contributed by atoms with Crippen LogP contribution in [0.2, 0.25) is 0 Å². The van der Waals surface area contributed by atoms with Crippen molar-refractivity contribution in [3.63, 3.8) is 0 Å². The van der Waals surface area contributed by atoms with Gasteiger partial charge in [0, 0.05) is 5.92 Å². The molecule has 19 heavy (non-hydrogen) atoms. The average Bonchev–Trinajstić information content (AvgIpc) is 3.18. The van der Waals surface area contributed by atoms with Crippen LogP contribution in [0.4, 0.5) is 0 Å². The van der Waals surface area contributed by atoms with E-state index < -0.39 is 0 Å². The second-order valence-electron chi connectivity index (χ2n) is 7.20. The smallest absolute Gasteiger partial charge is 0.309 e. The van der Waals surface area contributed by atoms with E-state index in [-0.39, 0.29) is 35.3 Å². The molecule has 1 saturated carbocycles. The number of carbonyl (C=O) groups excluding carboxylic acids is 1. The first-order chi connectivity index (χ1) is 8.93. The number of rotatable bonds is 0. The van der Waals surface area contributed by atoms with Crippen LogP contribution in [0.15, 0.2) is 0 Å². The van der Waals surface area contributed by atoms with Crippen LogP contribution in [-0.4, -0.2) is 35.5 Å². The van der Waals surface area contributed by atoms with Gasteiger partial charge in [-0.2, -0.15) is 0 Å². The van der Waals surface area contributed by atoms with Crippen molar-refractivity contribution in [2.45, 2.75) is 76.0 Å². The van der Waals surface area contributed by atoms with E-state index in [0.717, 1.165) is 25.7 Å². The minimum atomic E-state index is -0.0997. The summed E-state index contributed by atoms with van der Waals surface area (Å²) < 4.78 is 17.4. The van der Waals surface area contributed by atoms with E-state index in [1.54, 1.807) is 0 Å². The Hall–Kier alpha value is -0.610. The van der Waals surface area contributed by atoms with E-state index in [2.05, 4.69) is 13.8 Å². The molecule has 4 aliphatic rings. The Morgan fingerprint density at radius 2 is 1.84 bits per heavy atom. The molecular weight excluding hydrogens is 244 g/mol. The number of carbonyl (C=O) groups is 1. The van der Waals surface area contributed by atoms with E-state index in [4.69, 9.17) is 14.2 Å². The predicted molar refractivity (Wildman–Crippen MR) is 67.6 cm³/mol. The average molecular weight is 266 g/mol. The summed E-state index contributed by atoms with van der Waals surface area (Å²) in [6, 6.07) is 0. The Morgan fingerprint density at radius 1 is 1.11 bits per heavy atom. The molecule has 0 aromatic heterocycles. The Morgan fingerprint density at radius 3 is 2.63 bits per heavy atom. The summed E-state index contributed by atoms with van der Waals surface area (Å²) >= 11 is 0. The normalized spacial score (nSPS) is 59.5. The lowest BCUT2D eigenvalue weighted by molar-refractivity contribution is -0.144. The summed E-state index contributed by atoms with van der Waals surface area (Å²) in [6.45, 7) is 6.34. The monoisotopic (exact) mass is 266 g/mol. The lowest BCUT2D eigenvalue weighted by atomic mass is 9.79. The van der Waals surface area contributed by atoms with Gasteiger partial charge in [-0.15, -0.1) is 0 Å². The fourth-order valence-electron chi connectivity index (χ4n) is 4.11. The summed E-state index contributed by atoms with van der Waals surface area (Å²) in [7, 11) is 0. The largest absolute Gasteiger partial charge is 0.459 e. The van der Waals surface area contributed by atoms with Crippen molar-refractivity contribution < 1.29 is 19.0 Å². The standard InChI is InChI=1S/C15H22O4/c1-8-9-4-6-14(2)10(18-14)5-7-15(3)12(19-15)11(9)17-13(8)16/h8-12H,4-7H2,1-3H3/t8-,9-,10+,11+,12-,14+,15-/m0/s1. The summed E-state index contributed by atoms with van der Waals surface area (Å²) in [4.78, 5) is 11.9. The maximum Gasteiger partial charge on any atom is 0.309 e. The number of esters is 1. The van der Waals surface area contributed by atoms with Gasteiger partial charge in [-0.05, 0) is 39.5 Å². The topological polar surface area (TPSA) is 51.4 Å². The quantitative estimate of drug-likeness (QED) is 0.497. The minimum Gasteiger partial charge on any atom is -0.459 e. The van der Waals surface area contributed by atoms with Crippen LogP contribution in [0, 0.1) is 11.8 Å². The first kappa shape index (κ1) is 12.2. The van der Waals surface area contributed by atoms with Crippen LogP contribution in [-0.2, 0) is 19.0 Å². The molecule has 7 atom stereocenters. The SMILES string of the molecule is C[C@@H]1C(=O)O[C@@H]2[C@H]1CC[C@@]1(C)O[C@@H]1CC[C@]1(C)O[C@@H]21. The van der Waals surface area contributed by atoms with Crippen LogP contribution in [0.25, 0.3) is 0 Å². The third-order valence-electron chi connectivity index (χ3n) is 5.84. The molecule has 4 rings (SSSR count). The van der Waals surface area contributed by atoms with E-state index >= 15 is 0 Å². The molecule has 3 heterocycles. The Balaban J connectivity index is 1.60. The van der Waals surface area contributed by atoms with Gasteiger partial charge in [-0.25, -0.2) is 0 Å². The Labute approximate surface area is 113 Å². The summed E-state index contributed by atoms with van der Waals surface area (Å²) in [5.74, 6) is 0.239. The second kappa shape index (κ2) is 3.53. The van der Waals surface area contributed by atoms with Crippen molar-refractivity contribution in [3.05, 3.63) is 0 Å². The van der Waals surface area contributed by atoms with E-state index in [1.807, 2.05) is 6.92 Å². The molecule has 4 fully saturated rings. The van der Waals surface area contributed by atoms with Gasteiger partial charge in [0.15, 0.2) is 0 Å². The molecule has 4 nitrogen and oxygen atoms in total. The third kappa shape index (κ3) is 1.69. The first-order valence-corrected chi connectivity index (χ1v) is 7.49. The van der Waals surface area contributed by atoms with Crippen molar-refractivity contribution in [2.75, 3.05) is 0 Å². The zero-order valence-electron chi connectivity index (χ0n) is 11.8. The minimum absolute atomic E-state index is 0.00123. The van der Waals surface area contributed by atoms with Gasteiger partial charge in [0.05, 0.1) is 23.2 Å². The number of hydrogen-bond donors (Lipinski definition) is 0. The van der Waals surface area contributed by atoms with Gasteiger partial charge < -0.3 is 14.2 Å². The predicted octanol–water partition coefficient (Wildman–Crippen LogP) is 2.05. The number of ether oxygens (including phenoxy) is 3. The molecule has 106 valence electrons. The van der Waals surface area contributed by atoms with E-state index in [0.29, 0.717) is 12.0 Å². The van der Waals surface area contributed by atoms with Crippen LogP contribution in [0.3, 0.4) is 0 Å². The highest BCUT2D eigenvalue weighted by Crippen LogP contribution is 2.54. The molecule has 0 unspecified atom stereocenters. The third-order valence-corrected chi connectivity index (χ3v) is 5.84. The van der Waals surface area contributed by atoms with Gasteiger partial charge in [-0.1, -0.05) is 6.92 Å². The highest BCUT2D eigenvalue weighted by atomic mass is 16.6. The molecule has 3 saturated heterocycles. The van der Waals surface area contributed by atoms with Gasteiger partial charge in [0.25, 0.3) is 0 Å². The zero-order chi connectivity index (χ0) is 13.4. The molecule has 0 aromatic carbocycles. The molecular formula is C15H22O4. The van der Waals surface area contributed by atoms with Crippen LogP contribution >= 0.6 is 0 Å². The molecule has 3 aliphatic heterocycles. The first-order valence-electron chi connectivity index (χ1n) is 7.49. The van der Waals surface area contributed by atoms with Crippen LogP contribution < -0.4 is 0 Å². The van der Waals surface area contributed by atoms with Gasteiger partial charge in [-0.3, -0.25) is 4.79 Å². The molecule has 0 spiro atoms. The van der Waals surface area contributed by atoms with Crippen molar-refractivity contribution in [1.82, 2.24) is 0 Å². The fourth-order valence-corrected chi connectivity index (χ4v) is 4.11. The summed E-state index contributed by atoms with van der Waals surface area (Å²) in [5, 5.41) is 0. The zero-order valence-corrected chi connectivity index (χ0v) is 11.8. The van der Waals surface area contributed by atoms with Crippen molar-refractivity contribution in [1.29, 1.82) is 0 Å². The molecule has 1 aliphatic carbocycles. The maximum absolute atomic E-state index is 11.9. The van der Waals surface area contributed by atoms with Gasteiger partial charge >= 0.3 is 5.97 Å². The molecule has 0 radical (unpaired) electrons. The molecule has 0 N–H and O–H groups in total. The lowest BCUT2D eigenvalue weighted by Gasteiger charge is -2.21. The Bertz CT molecular complexity index is 436. The fraction of sp³-hybridized carbons (Fsp3) is 0.933. The molecule has 4 heteroatoms. The van der Waals surface area contributed by atoms with E-state index in [1.165, 1.54) is 0 Å². The lowest BCUT2D eigenvalue weighted by Crippen LogP contribution is -2.31. The maximum atomic E-state index is 11.9. The highest BCUT2D eigenvalue weighted by molar-refractivity contribution is 5.75. The van der Waals surface area contributed by atoms with Crippen molar-refractivity contribution >= 4 is 5.97 Å². The Kier molecular flexibility index (Phi) is 2.26. The highest BCUT2D eigenvalue weighted by Gasteiger charge is 2.64. The number of epoxide rings is 2. The van der Waals surface area contributed by atoms with Gasteiger partial charge in [0.2, 0.25) is 0 Å². The molecule has 0 aromatic rings. The van der Waals surface area contributed by atoms with Crippen LogP contribution in [0.1, 0.15) is 46.5 Å². The van der Waals surface area contributed by atoms with Gasteiger partial charge in [0.1, 0.15) is 12.2 Å². The number of fused-ring (bicyclic) bond motifs is 4. The molecule has 0 amide bonds. The summed E-state index contributed by atoms with van der Waals surface area (Å²) in [6.07, 6.45) is 4.56. The second-order valence-corrected chi connectivity index (χ2v) is 7.20. The molecule has 0 bridgehead atoms.